The maximum absolute atomic E-state index is 13.0. The number of amides is 3. The van der Waals surface area contributed by atoms with E-state index in [0.29, 0.717) is 19.8 Å². The van der Waals surface area contributed by atoms with Gasteiger partial charge in [-0.3, -0.25) is 9.69 Å². The van der Waals surface area contributed by atoms with Crippen LogP contribution in [0.2, 0.25) is 0 Å². The lowest BCUT2D eigenvalue weighted by atomic mass is 9.98. The summed E-state index contributed by atoms with van der Waals surface area (Å²) in [4.78, 5) is 29.1. The van der Waals surface area contributed by atoms with E-state index >= 15 is 0 Å². The van der Waals surface area contributed by atoms with E-state index in [0.717, 1.165) is 36.8 Å². The third-order valence-corrected chi connectivity index (χ3v) is 5.54. The number of hydrogen-bond acceptors (Lipinski definition) is 3. The molecule has 1 spiro atoms. The van der Waals surface area contributed by atoms with Crippen molar-refractivity contribution in [3.05, 3.63) is 71.8 Å². The summed E-state index contributed by atoms with van der Waals surface area (Å²) in [5, 5.41) is 2.97. The molecule has 140 valence electrons. The van der Waals surface area contributed by atoms with Crippen LogP contribution in [0.25, 0.3) is 0 Å². The van der Waals surface area contributed by atoms with Crippen molar-refractivity contribution in [3.63, 3.8) is 0 Å². The second-order valence-corrected chi connectivity index (χ2v) is 7.55. The molecule has 0 aromatic heterocycles. The molecule has 1 saturated heterocycles. The van der Waals surface area contributed by atoms with Crippen LogP contribution in [0.1, 0.15) is 36.8 Å². The first-order valence-corrected chi connectivity index (χ1v) is 9.61. The molecular formula is C22H25N3O2. The molecule has 0 radical (unpaired) electrons. The van der Waals surface area contributed by atoms with E-state index in [1.54, 1.807) is 0 Å². The summed E-state index contributed by atoms with van der Waals surface area (Å²) in [6.07, 6.45) is 3.51. The summed E-state index contributed by atoms with van der Waals surface area (Å²) in [7, 11) is 0. The molecule has 0 bridgehead atoms. The number of hydrogen-bond donors (Lipinski definition) is 1. The molecule has 5 heteroatoms. The average Bonchev–Trinajstić information content (AvgIpc) is 3.24. The van der Waals surface area contributed by atoms with Crippen molar-refractivity contribution in [1.82, 2.24) is 15.1 Å². The largest absolute Gasteiger partial charge is 0.326 e. The van der Waals surface area contributed by atoms with Crippen molar-refractivity contribution in [1.29, 1.82) is 0 Å². The Morgan fingerprint density at radius 1 is 0.852 bits per heavy atom. The zero-order chi connectivity index (χ0) is 18.7. The molecule has 2 aliphatic rings. The highest BCUT2D eigenvalue weighted by molar-refractivity contribution is 6.07. The van der Waals surface area contributed by atoms with Crippen LogP contribution in [-0.2, 0) is 17.9 Å². The van der Waals surface area contributed by atoms with Gasteiger partial charge in [0.1, 0.15) is 5.54 Å². The summed E-state index contributed by atoms with van der Waals surface area (Å²) in [5.74, 6) is -0.0591. The highest BCUT2D eigenvalue weighted by Crippen LogP contribution is 2.35. The maximum Gasteiger partial charge on any atom is 0.326 e. The van der Waals surface area contributed by atoms with Gasteiger partial charge in [0.05, 0.1) is 6.67 Å². The van der Waals surface area contributed by atoms with Gasteiger partial charge in [-0.15, -0.1) is 0 Å². The minimum atomic E-state index is -0.651. The first kappa shape index (κ1) is 17.7. The number of imide groups is 1. The van der Waals surface area contributed by atoms with Crippen LogP contribution in [-0.4, -0.2) is 33.9 Å². The molecule has 4 rings (SSSR count). The van der Waals surface area contributed by atoms with Crippen molar-refractivity contribution in [2.75, 3.05) is 6.67 Å². The zero-order valence-electron chi connectivity index (χ0n) is 15.4. The third-order valence-electron chi connectivity index (χ3n) is 5.54. The van der Waals surface area contributed by atoms with E-state index in [1.807, 2.05) is 36.4 Å². The van der Waals surface area contributed by atoms with Crippen LogP contribution >= 0.6 is 0 Å². The number of urea groups is 1. The number of carbonyl (C=O) groups is 2. The Bertz CT molecular complexity index is 759. The fourth-order valence-corrected chi connectivity index (χ4v) is 4.16. The predicted molar refractivity (Wildman–Crippen MR) is 104 cm³/mol. The Kier molecular flexibility index (Phi) is 4.94. The van der Waals surface area contributed by atoms with Gasteiger partial charge in [-0.25, -0.2) is 9.69 Å². The molecule has 2 aromatic rings. The van der Waals surface area contributed by atoms with E-state index in [-0.39, 0.29) is 11.9 Å². The lowest BCUT2D eigenvalue weighted by Crippen LogP contribution is -2.45. The molecule has 1 saturated carbocycles. The molecular weight excluding hydrogens is 338 g/mol. The molecule has 1 heterocycles. The molecule has 1 aliphatic heterocycles. The van der Waals surface area contributed by atoms with Crippen molar-refractivity contribution in [3.8, 4) is 0 Å². The molecule has 2 fully saturated rings. The van der Waals surface area contributed by atoms with Gasteiger partial charge in [-0.05, 0) is 24.0 Å². The Morgan fingerprint density at radius 2 is 1.37 bits per heavy atom. The Hall–Kier alpha value is -2.66. The van der Waals surface area contributed by atoms with Gasteiger partial charge in [0, 0.05) is 13.1 Å². The fraction of sp³-hybridized carbons (Fsp3) is 0.364. The van der Waals surface area contributed by atoms with Gasteiger partial charge >= 0.3 is 6.03 Å². The van der Waals surface area contributed by atoms with Gasteiger partial charge < -0.3 is 5.32 Å². The highest BCUT2D eigenvalue weighted by Gasteiger charge is 2.52. The topological polar surface area (TPSA) is 52.7 Å². The number of benzene rings is 2. The standard InChI is InChI=1S/C22H25N3O2/c26-20-22(13-7-8-14-22)23-21(27)25(20)17-24(15-18-9-3-1-4-10-18)16-19-11-5-2-6-12-19/h1-6,9-12H,7-8,13-17H2,(H,23,27). The number of rotatable bonds is 6. The van der Waals surface area contributed by atoms with Crippen molar-refractivity contribution >= 4 is 11.9 Å². The Labute approximate surface area is 160 Å². The van der Waals surface area contributed by atoms with Gasteiger partial charge in [-0.1, -0.05) is 73.5 Å². The van der Waals surface area contributed by atoms with Crippen LogP contribution in [0.3, 0.4) is 0 Å². The van der Waals surface area contributed by atoms with Gasteiger partial charge in [0.25, 0.3) is 5.91 Å². The number of nitrogens with zero attached hydrogens (tertiary/aromatic N) is 2. The van der Waals surface area contributed by atoms with Crippen LogP contribution < -0.4 is 5.32 Å². The van der Waals surface area contributed by atoms with Crippen LogP contribution in [0, 0.1) is 0 Å². The van der Waals surface area contributed by atoms with Crippen molar-refractivity contribution < 1.29 is 9.59 Å². The molecule has 0 atom stereocenters. The van der Waals surface area contributed by atoms with Gasteiger partial charge in [-0.2, -0.15) is 0 Å². The summed E-state index contributed by atoms with van der Waals surface area (Å²) in [6, 6.07) is 20.1. The highest BCUT2D eigenvalue weighted by atomic mass is 16.2. The quantitative estimate of drug-likeness (QED) is 0.799. The van der Waals surface area contributed by atoms with Crippen LogP contribution in [0.15, 0.2) is 60.7 Å². The second-order valence-electron chi connectivity index (χ2n) is 7.55. The fourth-order valence-electron chi connectivity index (χ4n) is 4.16. The number of nitrogens with one attached hydrogen (secondary N) is 1. The molecule has 1 N–H and O–H groups in total. The number of carbonyl (C=O) groups excluding carboxylic acids is 2. The van der Waals surface area contributed by atoms with Gasteiger partial charge in [0.15, 0.2) is 0 Å². The third kappa shape index (κ3) is 3.74. The van der Waals surface area contributed by atoms with E-state index in [9.17, 15) is 9.59 Å². The molecule has 0 unspecified atom stereocenters. The average molecular weight is 363 g/mol. The molecule has 5 nitrogen and oxygen atoms in total. The molecule has 3 amide bonds. The van der Waals surface area contributed by atoms with Gasteiger partial charge in [0.2, 0.25) is 0 Å². The first-order chi connectivity index (χ1) is 13.2. The second kappa shape index (κ2) is 7.53. The zero-order valence-corrected chi connectivity index (χ0v) is 15.4. The molecule has 27 heavy (non-hydrogen) atoms. The van der Waals surface area contributed by atoms with E-state index in [2.05, 4.69) is 34.5 Å². The first-order valence-electron chi connectivity index (χ1n) is 9.61. The van der Waals surface area contributed by atoms with E-state index in [4.69, 9.17) is 0 Å². The van der Waals surface area contributed by atoms with Crippen LogP contribution in [0.4, 0.5) is 4.79 Å². The molecule has 2 aromatic carbocycles. The lowest BCUT2D eigenvalue weighted by molar-refractivity contribution is -0.132. The Balaban J connectivity index is 1.53. The summed E-state index contributed by atoms with van der Waals surface area (Å²) in [6.45, 7) is 1.66. The molecule has 1 aliphatic carbocycles. The SMILES string of the molecule is O=C1NC2(CCCC2)C(=O)N1CN(Cc1ccccc1)Cc1ccccc1. The maximum atomic E-state index is 13.0. The minimum Gasteiger partial charge on any atom is -0.323 e. The predicted octanol–water partition coefficient (Wildman–Crippen LogP) is 3.51. The summed E-state index contributed by atoms with van der Waals surface area (Å²) in [5.41, 5.74) is 1.68. The van der Waals surface area contributed by atoms with Crippen LogP contribution in [0.5, 0.6) is 0 Å². The Morgan fingerprint density at radius 3 is 1.89 bits per heavy atom. The summed E-state index contributed by atoms with van der Waals surface area (Å²) >= 11 is 0. The normalized spacial score (nSPS) is 18.5. The van der Waals surface area contributed by atoms with Crippen molar-refractivity contribution in [2.24, 2.45) is 0 Å². The van der Waals surface area contributed by atoms with E-state index in [1.165, 1.54) is 4.90 Å². The minimum absolute atomic E-state index is 0.0591. The lowest BCUT2D eigenvalue weighted by Gasteiger charge is -2.27. The monoisotopic (exact) mass is 363 g/mol. The summed E-state index contributed by atoms with van der Waals surface area (Å²) < 4.78 is 0. The van der Waals surface area contributed by atoms with E-state index < -0.39 is 5.54 Å². The van der Waals surface area contributed by atoms with Crippen molar-refractivity contribution in [2.45, 2.75) is 44.3 Å². The smallest absolute Gasteiger partial charge is 0.323 e.